The minimum atomic E-state index is -0.507. The van der Waals surface area contributed by atoms with Gasteiger partial charge in [-0.15, -0.1) is 0 Å². The van der Waals surface area contributed by atoms with Crippen LogP contribution in [-0.4, -0.2) is 21.0 Å². The molecule has 1 heterocycles. The van der Waals surface area contributed by atoms with Crippen LogP contribution >= 0.6 is 23.2 Å². The summed E-state index contributed by atoms with van der Waals surface area (Å²) in [6.45, 7) is 3.97. The second-order valence-electron chi connectivity index (χ2n) is 5.07. The molecule has 0 spiro atoms. The summed E-state index contributed by atoms with van der Waals surface area (Å²) >= 11 is 12.1. The summed E-state index contributed by atoms with van der Waals surface area (Å²) in [5.74, 6) is 0. The maximum atomic E-state index is 10.3. The molecule has 0 amide bonds. The van der Waals surface area contributed by atoms with Gasteiger partial charge in [-0.1, -0.05) is 23.2 Å². The Hall–Kier alpha value is -1.03. The quantitative estimate of drug-likeness (QED) is 0.938. The monoisotopic (exact) mass is 312 g/mol. The molecule has 108 valence electrons. The van der Waals surface area contributed by atoms with E-state index in [0.29, 0.717) is 22.9 Å². The van der Waals surface area contributed by atoms with E-state index in [-0.39, 0.29) is 0 Å². The van der Waals surface area contributed by atoms with Crippen molar-refractivity contribution in [1.29, 1.82) is 0 Å². The van der Waals surface area contributed by atoms with Crippen molar-refractivity contribution >= 4 is 23.2 Å². The first-order chi connectivity index (χ1) is 9.38. The number of halogens is 2. The normalized spacial score (nSPS) is 12.7. The highest BCUT2D eigenvalue weighted by atomic mass is 35.5. The van der Waals surface area contributed by atoms with Crippen molar-refractivity contribution in [2.45, 2.75) is 32.8 Å². The minimum absolute atomic E-state index is 0.479. The third-order valence-corrected chi connectivity index (χ3v) is 4.17. The van der Waals surface area contributed by atoms with Crippen molar-refractivity contribution in [2.24, 2.45) is 7.05 Å². The third kappa shape index (κ3) is 3.35. The molecule has 0 saturated carbocycles. The number of benzene rings is 1. The summed E-state index contributed by atoms with van der Waals surface area (Å²) in [5, 5.41) is 15.9. The van der Waals surface area contributed by atoms with Gasteiger partial charge in [0.15, 0.2) is 0 Å². The molecule has 1 N–H and O–H groups in total. The molecule has 2 aromatic rings. The number of aliphatic hydroxyl groups is 1. The van der Waals surface area contributed by atoms with Gasteiger partial charge in [0.2, 0.25) is 0 Å². The Kier molecular flexibility index (Phi) is 4.74. The molecule has 0 aliphatic heterocycles. The fourth-order valence-electron chi connectivity index (χ4n) is 2.37. The van der Waals surface area contributed by atoms with Gasteiger partial charge >= 0.3 is 0 Å². The van der Waals surface area contributed by atoms with E-state index in [1.165, 1.54) is 0 Å². The minimum Gasteiger partial charge on any atom is -0.392 e. The molecule has 5 heteroatoms. The Bertz CT molecular complexity index is 623. The largest absolute Gasteiger partial charge is 0.392 e. The zero-order valence-corrected chi connectivity index (χ0v) is 13.3. The summed E-state index contributed by atoms with van der Waals surface area (Å²) in [7, 11) is 1.91. The molecule has 0 aliphatic rings. The molecule has 0 fully saturated rings. The van der Waals surface area contributed by atoms with E-state index in [1.807, 2.05) is 25.6 Å². The Morgan fingerprint density at radius 1 is 1.25 bits per heavy atom. The first-order valence-electron chi connectivity index (χ1n) is 6.49. The number of aromatic nitrogens is 2. The van der Waals surface area contributed by atoms with Crippen molar-refractivity contribution in [3.63, 3.8) is 0 Å². The second kappa shape index (κ2) is 6.17. The van der Waals surface area contributed by atoms with Gasteiger partial charge in [0, 0.05) is 35.6 Å². The number of aliphatic hydroxyl groups excluding tert-OH is 1. The molecule has 0 radical (unpaired) electrons. The first-order valence-corrected chi connectivity index (χ1v) is 7.25. The van der Waals surface area contributed by atoms with Crippen LogP contribution in [0.4, 0.5) is 0 Å². The maximum absolute atomic E-state index is 10.3. The predicted molar refractivity (Wildman–Crippen MR) is 82.6 cm³/mol. The van der Waals surface area contributed by atoms with Crippen LogP contribution in [0.5, 0.6) is 0 Å². The van der Waals surface area contributed by atoms with Gasteiger partial charge in [-0.05, 0) is 43.2 Å². The molecule has 20 heavy (non-hydrogen) atoms. The number of aryl methyl sites for hydroxylation is 2. The lowest BCUT2D eigenvalue weighted by molar-refractivity contribution is 0.175. The molecule has 0 saturated heterocycles. The van der Waals surface area contributed by atoms with Crippen molar-refractivity contribution in [2.75, 3.05) is 0 Å². The molecule has 3 nitrogen and oxygen atoms in total. The van der Waals surface area contributed by atoms with E-state index < -0.39 is 6.10 Å². The van der Waals surface area contributed by atoms with Crippen LogP contribution < -0.4 is 0 Å². The Balaban J connectivity index is 2.13. The standard InChI is InChI=1S/C15H18Cl2N2O/c1-9-14(10(2)19(3)18-9)8-13(20)7-11-6-12(16)4-5-15(11)17/h4-6,13,20H,7-8H2,1-3H3. The van der Waals surface area contributed by atoms with Crippen molar-refractivity contribution in [3.05, 3.63) is 50.8 Å². The zero-order chi connectivity index (χ0) is 14.9. The average molecular weight is 313 g/mol. The van der Waals surface area contributed by atoms with Gasteiger partial charge in [-0.3, -0.25) is 4.68 Å². The highest BCUT2D eigenvalue weighted by Gasteiger charge is 2.15. The van der Waals surface area contributed by atoms with E-state index >= 15 is 0 Å². The molecule has 1 atom stereocenters. The second-order valence-corrected chi connectivity index (χ2v) is 5.91. The average Bonchev–Trinajstić information content (AvgIpc) is 2.61. The van der Waals surface area contributed by atoms with Gasteiger partial charge < -0.3 is 5.11 Å². The fraction of sp³-hybridized carbons (Fsp3) is 0.400. The molecular formula is C15H18Cl2N2O. The zero-order valence-electron chi connectivity index (χ0n) is 11.8. The Labute approximate surface area is 129 Å². The lowest BCUT2D eigenvalue weighted by Crippen LogP contribution is -2.15. The van der Waals surface area contributed by atoms with Gasteiger partial charge in [-0.25, -0.2) is 0 Å². The van der Waals surface area contributed by atoms with Crippen LogP contribution in [-0.2, 0) is 19.9 Å². The van der Waals surface area contributed by atoms with Gasteiger partial charge in [0.25, 0.3) is 0 Å². The maximum Gasteiger partial charge on any atom is 0.0629 e. The molecule has 2 rings (SSSR count). The summed E-state index contributed by atoms with van der Waals surface area (Å²) in [6, 6.07) is 5.30. The number of hydrogen-bond donors (Lipinski definition) is 1. The molecular weight excluding hydrogens is 295 g/mol. The smallest absolute Gasteiger partial charge is 0.0629 e. The van der Waals surface area contributed by atoms with Crippen molar-refractivity contribution in [1.82, 2.24) is 9.78 Å². The molecule has 1 aromatic heterocycles. The summed E-state index contributed by atoms with van der Waals surface area (Å²) < 4.78 is 1.84. The fourth-order valence-corrected chi connectivity index (χ4v) is 2.76. The molecule has 1 aromatic carbocycles. The van der Waals surface area contributed by atoms with Crippen LogP contribution in [0.15, 0.2) is 18.2 Å². The van der Waals surface area contributed by atoms with E-state index in [9.17, 15) is 5.11 Å². The van der Waals surface area contributed by atoms with Crippen LogP contribution in [0.3, 0.4) is 0 Å². The predicted octanol–water partition coefficient (Wildman–Crippen LogP) is 3.49. The first kappa shape index (κ1) is 15.4. The Morgan fingerprint density at radius 3 is 2.55 bits per heavy atom. The topological polar surface area (TPSA) is 38.0 Å². The van der Waals surface area contributed by atoms with Gasteiger partial charge in [0.05, 0.1) is 11.8 Å². The van der Waals surface area contributed by atoms with Crippen LogP contribution in [0, 0.1) is 13.8 Å². The molecule has 0 aliphatic carbocycles. The highest BCUT2D eigenvalue weighted by molar-refractivity contribution is 6.33. The number of rotatable bonds is 4. The molecule has 1 unspecified atom stereocenters. The summed E-state index contributed by atoms with van der Waals surface area (Å²) in [5.41, 5.74) is 4.00. The molecule has 0 bridgehead atoms. The van der Waals surface area contributed by atoms with E-state index in [1.54, 1.807) is 18.2 Å². The van der Waals surface area contributed by atoms with Gasteiger partial charge in [-0.2, -0.15) is 5.10 Å². The summed E-state index contributed by atoms with van der Waals surface area (Å²) in [4.78, 5) is 0. The van der Waals surface area contributed by atoms with Crippen molar-refractivity contribution in [3.8, 4) is 0 Å². The summed E-state index contributed by atoms with van der Waals surface area (Å²) in [6.07, 6.45) is 0.536. The van der Waals surface area contributed by atoms with Crippen LogP contribution in [0.1, 0.15) is 22.5 Å². The van der Waals surface area contributed by atoms with E-state index in [2.05, 4.69) is 5.10 Å². The Morgan fingerprint density at radius 2 is 1.95 bits per heavy atom. The van der Waals surface area contributed by atoms with Crippen LogP contribution in [0.25, 0.3) is 0 Å². The highest BCUT2D eigenvalue weighted by Crippen LogP contribution is 2.23. The van der Waals surface area contributed by atoms with Gasteiger partial charge in [0.1, 0.15) is 0 Å². The number of hydrogen-bond acceptors (Lipinski definition) is 2. The number of nitrogens with zero attached hydrogens (tertiary/aromatic N) is 2. The third-order valence-electron chi connectivity index (χ3n) is 3.56. The van der Waals surface area contributed by atoms with E-state index in [0.717, 1.165) is 22.5 Å². The van der Waals surface area contributed by atoms with Crippen LogP contribution in [0.2, 0.25) is 10.0 Å². The lowest BCUT2D eigenvalue weighted by atomic mass is 10.00. The van der Waals surface area contributed by atoms with Crippen molar-refractivity contribution < 1.29 is 5.11 Å². The lowest BCUT2D eigenvalue weighted by Gasteiger charge is -2.12. The SMILES string of the molecule is Cc1nn(C)c(C)c1CC(O)Cc1cc(Cl)ccc1Cl. The van der Waals surface area contributed by atoms with E-state index in [4.69, 9.17) is 23.2 Å².